The van der Waals surface area contributed by atoms with Crippen molar-refractivity contribution < 1.29 is 9.59 Å². The highest BCUT2D eigenvalue weighted by atomic mass is 16.2. The van der Waals surface area contributed by atoms with E-state index in [-0.39, 0.29) is 17.9 Å². The molecule has 2 aliphatic heterocycles. The lowest BCUT2D eigenvalue weighted by Gasteiger charge is -2.33. The molecule has 1 aromatic heterocycles. The van der Waals surface area contributed by atoms with Gasteiger partial charge in [0.2, 0.25) is 5.91 Å². The number of nitrogens with zero attached hydrogens (tertiary/aromatic N) is 3. The Kier molecular flexibility index (Phi) is 4.71. The number of carbonyl (C=O) groups excluding carboxylic acids is 2. The molecular formula is C23H23N5O2. The molecule has 2 amide bonds. The number of aromatic nitrogens is 2. The summed E-state index contributed by atoms with van der Waals surface area (Å²) < 4.78 is 1.87. The largest absolute Gasteiger partial charge is 0.358 e. The van der Waals surface area contributed by atoms with Crippen molar-refractivity contribution in [1.29, 1.82) is 0 Å². The predicted octanol–water partition coefficient (Wildman–Crippen LogP) is 2.78. The maximum Gasteiger partial charge on any atom is 0.251 e. The quantitative estimate of drug-likeness (QED) is 0.689. The first-order valence-corrected chi connectivity index (χ1v) is 10.2. The van der Waals surface area contributed by atoms with Crippen LogP contribution < -0.4 is 15.5 Å². The molecule has 2 N–H and O–H groups in total. The van der Waals surface area contributed by atoms with E-state index in [1.54, 1.807) is 12.3 Å². The molecule has 3 aromatic rings. The Morgan fingerprint density at radius 1 is 1.17 bits per heavy atom. The van der Waals surface area contributed by atoms with Gasteiger partial charge in [-0.1, -0.05) is 24.3 Å². The van der Waals surface area contributed by atoms with Gasteiger partial charge in [0, 0.05) is 31.0 Å². The third-order valence-corrected chi connectivity index (χ3v) is 5.76. The van der Waals surface area contributed by atoms with Crippen LogP contribution in [0.3, 0.4) is 0 Å². The second kappa shape index (κ2) is 7.67. The zero-order valence-corrected chi connectivity index (χ0v) is 16.5. The molecule has 7 heteroatoms. The van der Waals surface area contributed by atoms with E-state index in [4.69, 9.17) is 0 Å². The zero-order valence-electron chi connectivity index (χ0n) is 16.5. The average Bonchev–Trinajstić information content (AvgIpc) is 3.45. The van der Waals surface area contributed by atoms with Crippen molar-refractivity contribution in [3.63, 3.8) is 0 Å². The second-order valence-electron chi connectivity index (χ2n) is 7.78. The molecule has 7 nitrogen and oxygen atoms in total. The fraction of sp³-hybridized carbons (Fsp3) is 0.261. The summed E-state index contributed by atoms with van der Waals surface area (Å²) >= 11 is 0. The van der Waals surface area contributed by atoms with Crippen LogP contribution in [0, 0.1) is 0 Å². The SMILES string of the molecule is O=C(NCc1ccc(Cn2cccn2)cc1)c1ccc2c(c1)NC(=O)[C@@H]1CCCN21. The van der Waals surface area contributed by atoms with Crippen molar-refractivity contribution in [3.05, 3.63) is 77.6 Å². The summed E-state index contributed by atoms with van der Waals surface area (Å²) in [6.45, 7) is 2.05. The molecule has 0 radical (unpaired) electrons. The molecule has 1 fully saturated rings. The van der Waals surface area contributed by atoms with E-state index in [2.05, 4.69) is 20.6 Å². The van der Waals surface area contributed by atoms with E-state index in [1.165, 1.54) is 0 Å². The van der Waals surface area contributed by atoms with Gasteiger partial charge in [-0.25, -0.2) is 0 Å². The molecule has 0 bridgehead atoms. The minimum Gasteiger partial charge on any atom is -0.358 e. The summed E-state index contributed by atoms with van der Waals surface area (Å²) in [5.74, 6) is -0.135. The second-order valence-corrected chi connectivity index (χ2v) is 7.78. The van der Waals surface area contributed by atoms with E-state index >= 15 is 0 Å². The first kappa shape index (κ1) is 18.4. The maximum absolute atomic E-state index is 12.6. The van der Waals surface area contributed by atoms with E-state index in [0.717, 1.165) is 42.7 Å². The Balaban J connectivity index is 1.23. The standard InChI is InChI=1S/C23H23N5O2/c29-22(24-14-16-4-6-17(7-5-16)15-27-11-2-10-25-27)18-8-9-20-19(13-18)26-23(30)21-3-1-12-28(20)21/h2,4-11,13,21H,1,3,12,14-15H2,(H,24,29)(H,26,30)/t21-/m0/s1. The Morgan fingerprint density at radius 2 is 2.00 bits per heavy atom. The van der Waals surface area contributed by atoms with Crippen molar-refractivity contribution in [2.45, 2.75) is 32.0 Å². The number of fused-ring (bicyclic) bond motifs is 3. The van der Waals surface area contributed by atoms with Gasteiger partial charge < -0.3 is 15.5 Å². The number of anilines is 2. The van der Waals surface area contributed by atoms with Crippen molar-refractivity contribution >= 4 is 23.2 Å². The molecule has 0 spiro atoms. The van der Waals surface area contributed by atoms with Crippen LogP contribution in [0.1, 0.15) is 34.3 Å². The van der Waals surface area contributed by atoms with Crippen LogP contribution in [0.15, 0.2) is 60.9 Å². The Hall–Kier alpha value is -3.61. The summed E-state index contributed by atoms with van der Waals surface area (Å²) in [5, 5.41) is 10.1. The normalized spacial score (nSPS) is 17.3. The van der Waals surface area contributed by atoms with Crippen molar-refractivity contribution in [2.24, 2.45) is 0 Å². The molecule has 3 heterocycles. The van der Waals surface area contributed by atoms with E-state index in [1.807, 2.05) is 53.3 Å². The molecule has 0 aliphatic carbocycles. The van der Waals surface area contributed by atoms with Gasteiger partial charge in [-0.3, -0.25) is 14.3 Å². The van der Waals surface area contributed by atoms with Crippen LogP contribution in [0.4, 0.5) is 11.4 Å². The highest BCUT2D eigenvalue weighted by Crippen LogP contribution is 2.37. The number of amides is 2. The molecule has 0 unspecified atom stereocenters. The summed E-state index contributed by atoms with van der Waals surface area (Å²) in [5.41, 5.74) is 4.44. The predicted molar refractivity (Wildman–Crippen MR) is 114 cm³/mol. The van der Waals surface area contributed by atoms with Gasteiger partial charge >= 0.3 is 0 Å². The molecule has 1 atom stereocenters. The Morgan fingerprint density at radius 3 is 2.80 bits per heavy atom. The number of benzene rings is 2. The van der Waals surface area contributed by atoms with Crippen LogP contribution >= 0.6 is 0 Å². The number of rotatable bonds is 5. The summed E-state index contributed by atoms with van der Waals surface area (Å²) in [6.07, 6.45) is 5.59. The molecule has 30 heavy (non-hydrogen) atoms. The van der Waals surface area contributed by atoms with Crippen LogP contribution in [0.2, 0.25) is 0 Å². The van der Waals surface area contributed by atoms with Gasteiger partial charge in [0.25, 0.3) is 5.91 Å². The minimum absolute atomic E-state index is 0.0211. The van der Waals surface area contributed by atoms with Gasteiger partial charge in [-0.15, -0.1) is 0 Å². The summed E-state index contributed by atoms with van der Waals surface area (Å²) in [7, 11) is 0. The lowest BCUT2D eigenvalue weighted by molar-refractivity contribution is -0.117. The summed E-state index contributed by atoms with van der Waals surface area (Å²) in [4.78, 5) is 27.1. The molecule has 1 saturated heterocycles. The average molecular weight is 401 g/mol. The molecule has 5 rings (SSSR count). The first-order chi connectivity index (χ1) is 14.7. The van der Waals surface area contributed by atoms with Crippen LogP contribution in [-0.2, 0) is 17.9 Å². The lowest BCUT2D eigenvalue weighted by Crippen LogP contribution is -2.44. The Labute approximate surface area is 174 Å². The van der Waals surface area contributed by atoms with Crippen LogP contribution in [-0.4, -0.2) is 34.2 Å². The fourth-order valence-corrected chi connectivity index (χ4v) is 4.20. The van der Waals surface area contributed by atoms with Crippen molar-refractivity contribution in [2.75, 3.05) is 16.8 Å². The highest BCUT2D eigenvalue weighted by Gasteiger charge is 2.36. The first-order valence-electron chi connectivity index (χ1n) is 10.2. The third-order valence-electron chi connectivity index (χ3n) is 5.76. The topological polar surface area (TPSA) is 79.3 Å². The van der Waals surface area contributed by atoms with Gasteiger partial charge in [-0.05, 0) is 48.2 Å². The smallest absolute Gasteiger partial charge is 0.251 e. The fourth-order valence-electron chi connectivity index (χ4n) is 4.20. The molecule has 152 valence electrons. The van der Waals surface area contributed by atoms with Crippen molar-refractivity contribution in [3.8, 4) is 0 Å². The van der Waals surface area contributed by atoms with Gasteiger partial charge in [0.05, 0.1) is 17.9 Å². The van der Waals surface area contributed by atoms with Crippen molar-refractivity contribution in [1.82, 2.24) is 15.1 Å². The maximum atomic E-state index is 12.6. The minimum atomic E-state index is -0.156. The van der Waals surface area contributed by atoms with Crippen LogP contribution in [0.25, 0.3) is 0 Å². The monoisotopic (exact) mass is 401 g/mol. The summed E-state index contributed by atoms with van der Waals surface area (Å²) in [6, 6.07) is 15.5. The molecule has 0 saturated carbocycles. The molecule has 2 aliphatic rings. The number of carbonyl (C=O) groups is 2. The Bertz CT molecular complexity index is 1080. The molecular weight excluding hydrogens is 378 g/mol. The highest BCUT2D eigenvalue weighted by molar-refractivity contribution is 6.06. The van der Waals surface area contributed by atoms with E-state index in [0.29, 0.717) is 17.8 Å². The number of nitrogens with one attached hydrogen (secondary N) is 2. The van der Waals surface area contributed by atoms with Gasteiger partial charge in [-0.2, -0.15) is 5.10 Å². The van der Waals surface area contributed by atoms with Gasteiger partial charge in [0.15, 0.2) is 0 Å². The lowest BCUT2D eigenvalue weighted by atomic mass is 10.1. The van der Waals surface area contributed by atoms with E-state index in [9.17, 15) is 9.59 Å². The van der Waals surface area contributed by atoms with Gasteiger partial charge in [0.1, 0.15) is 6.04 Å². The number of hydrogen-bond acceptors (Lipinski definition) is 4. The number of hydrogen-bond donors (Lipinski definition) is 2. The van der Waals surface area contributed by atoms with E-state index < -0.39 is 0 Å². The third kappa shape index (κ3) is 3.54. The zero-order chi connectivity index (χ0) is 20.5. The molecule has 2 aromatic carbocycles. The van der Waals surface area contributed by atoms with Crippen LogP contribution in [0.5, 0.6) is 0 Å².